The quantitative estimate of drug-likeness (QED) is 0.856. The summed E-state index contributed by atoms with van der Waals surface area (Å²) in [7, 11) is 0. The van der Waals surface area contributed by atoms with E-state index >= 15 is 0 Å². The van der Waals surface area contributed by atoms with Crippen LogP contribution in [-0.4, -0.2) is 74.6 Å². The number of aromatic nitrogens is 3. The molecule has 1 aliphatic heterocycles. The lowest BCUT2D eigenvalue weighted by Crippen LogP contribution is -2.50. The molecule has 0 aliphatic carbocycles. The van der Waals surface area contributed by atoms with Crippen LogP contribution in [0.2, 0.25) is 0 Å². The first kappa shape index (κ1) is 16.6. The van der Waals surface area contributed by atoms with Gasteiger partial charge in [0.2, 0.25) is 5.91 Å². The number of hydrogen-bond donors (Lipinski definition) is 1. The minimum Gasteiger partial charge on any atom is -0.392 e. The summed E-state index contributed by atoms with van der Waals surface area (Å²) < 4.78 is 0. The van der Waals surface area contributed by atoms with Crippen molar-refractivity contribution in [3.63, 3.8) is 0 Å². The van der Waals surface area contributed by atoms with Gasteiger partial charge in [0.15, 0.2) is 0 Å². The Balaban J connectivity index is 1.54. The highest BCUT2D eigenvalue weighted by molar-refractivity contribution is 5.78. The number of piperazine rings is 1. The predicted molar refractivity (Wildman–Crippen MR) is 89.8 cm³/mol. The average molecular weight is 329 g/mol. The van der Waals surface area contributed by atoms with Crippen molar-refractivity contribution in [2.24, 2.45) is 0 Å². The number of carbonyl (C=O) groups excluding carboxylic acids is 1. The molecule has 24 heavy (non-hydrogen) atoms. The standard InChI is InChI=1S/C17H23N5O2/c1-14(23)13-20-7-9-21(10-8-20)17(24)11-15-12-18-22(19-15)16-5-3-2-4-6-16/h2-6,12,14,23H,7-11,13H2,1H3. The van der Waals surface area contributed by atoms with Crippen LogP contribution in [0.4, 0.5) is 0 Å². The van der Waals surface area contributed by atoms with Gasteiger partial charge in [-0.05, 0) is 19.1 Å². The molecule has 2 heterocycles. The van der Waals surface area contributed by atoms with Crippen molar-refractivity contribution in [3.8, 4) is 5.69 Å². The molecule has 1 N–H and O–H groups in total. The van der Waals surface area contributed by atoms with E-state index in [-0.39, 0.29) is 18.4 Å². The van der Waals surface area contributed by atoms with Gasteiger partial charge in [0.25, 0.3) is 0 Å². The van der Waals surface area contributed by atoms with E-state index in [1.807, 2.05) is 35.2 Å². The second kappa shape index (κ2) is 7.55. The monoisotopic (exact) mass is 329 g/mol. The molecule has 1 fully saturated rings. The molecule has 1 saturated heterocycles. The summed E-state index contributed by atoms with van der Waals surface area (Å²) in [5.74, 6) is 0.0757. The van der Waals surface area contributed by atoms with Crippen molar-refractivity contribution in [3.05, 3.63) is 42.2 Å². The van der Waals surface area contributed by atoms with Crippen LogP contribution in [0, 0.1) is 0 Å². The minimum atomic E-state index is -0.333. The van der Waals surface area contributed by atoms with Gasteiger partial charge in [-0.1, -0.05) is 18.2 Å². The highest BCUT2D eigenvalue weighted by Crippen LogP contribution is 2.08. The van der Waals surface area contributed by atoms with Crippen LogP contribution in [0.5, 0.6) is 0 Å². The maximum Gasteiger partial charge on any atom is 0.228 e. The third-order valence-electron chi connectivity index (χ3n) is 4.11. The average Bonchev–Trinajstić information content (AvgIpc) is 3.04. The van der Waals surface area contributed by atoms with Crippen LogP contribution in [0.1, 0.15) is 12.6 Å². The molecule has 0 saturated carbocycles. The summed E-state index contributed by atoms with van der Waals surface area (Å²) in [6.07, 6.45) is 1.58. The Morgan fingerprint density at radius 1 is 1.21 bits per heavy atom. The molecule has 0 radical (unpaired) electrons. The molecule has 3 rings (SSSR count). The zero-order valence-electron chi connectivity index (χ0n) is 13.9. The number of rotatable bonds is 5. The van der Waals surface area contributed by atoms with Gasteiger partial charge in [0.1, 0.15) is 0 Å². The molecule has 1 unspecified atom stereocenters. The number of carbonyl (C=O) groups is 1. The normalized spacial score (nSPS) is 17.0. The summed E-state index contributed by atoms with van der Waals surface area (Å²) in [6.45, 7) is 5.43. The number of aliphatic hydroxyl groups is 1. The van der Waals surface area contributed by atoms with Crippen LogP contribution in [0.15, 0.2) is 36.5 Å². The van der Waals surface area contributed by atoms with Gasteiger partial charge in [-0.3, -0.25) is 9.69 Å². The summed E-state index contributed by atoms with van der Waals surface area (Å²) in [4.78, 5) is 18.0. The minimum absolute atomic E-state index is 0.0757. The molecular weight excluding hydrogens is 306 g/mol. The maximum absolute atomic E-state index is 12.4. The van der Waals surface area contributed by atoms with Gasteiger partial charge < -0.3 is 10.0 Å². The lowest BCUT2D eigenvalue weighted by Gasteiger charge is -2.35. The Morgan fingerprint density at radius 2 is 1.92 bits per heavy atom. The number of benzene rings is 1. The molecule has 1 aromatic carbocycles. The van der Waals surface area contributed by atoms with Gasteiger partial charge in [-0.2, -0.15) is 15.0 Å². The molecule has 1 atom stereocenters. The molecule has 0 spiro atoms. The van der Waals surface area contributed by atoms with E-state index in [0.717, 1.165) is 18.8 Å². The first-order valence-corrected chi connectivity index (χ1v) is 8.26. The number of hydrogen-bond acceptors (Lipinski definition) is 5. The SMILES string of the molecule is CC(O)CN1CCN(C(=O)Cc2cnn(-c3ccccc3)n2)CC1. The molecule has 0 bridgehead atoms. The lowest BCUT2D eigenvalue weighted by molar-refractivity contribution is -0.132. The first-order valence-electron chi connectivity index (χ1n) is 8.26. The van der Waals surface area contributed by atoms with Crippen molar-refractivity contribution in [1.82, 2.24) is 24.8 Å². The fraction of sp³-hybridized carbons (Fsp3) is 0.471. The van der Waals surface area contributed by atoms with E-state index in [4.69, 9.17) is 0 Å². The zero-order valence-corrected chi connectivity index (χ0v) is 13.9. The van der Waals surface area contributed by atoms with E-state index < -0.39 is 0 Å². The van der Waals surface area contributed by atoms with Crippen LogP contribution < -0.4 is 0 Å². The summed E-state index contributed by atoms with van der Waals surface area (Å²) in [5, 5.41) is 18.0. The molecular formula is C17H23N5O2. The van der Waals surface area contributed by atoms with Crippen molar-refractivity contribution in [2.45, 2.75) is 19.4 Å². The van der Waals surface area contributed by atoms with Crippen molar-refractivity contribution in [2.75, 3.05) is 32.7 Å². The fourth-order valence-electron chi connectivity index (χ4n) is 2.88. The predicted octanol–water partition coefficient (Wildman–Crippen LogP) is 0.335. The highest BCUT2D eigenvalue weighted by Gasteiger charge is 2.22. The fourth-order valence-corrected chi connectivity index (χ4v) is 2.88. The molecule has 1 aliphatic rings. The van der Waals surface area contributed by atoms with Gasteiger partial charge in [-0.25, -0.2) is 0 Å². The molecule has 1 amide bonds. The summed E-state index contributed by atoms with van der Waals surface area (Å²) >= 11 is 0. The Hall–Kier alpha value is -2.25. The highest BCUT2D eigenvalue weighted by atomic mass is 16.3. The van der Waals surface area contributed by atoms with Crippen molar-refractivity contribution < 1.29 is 9.90 Å². The first-order chi connectivity index (χ1) is 11.6. The van der Waals surface area contributed by atoms with E-state index in [0.29, 0.717) is 25.3 Å². The number of aliphatic hydroxyl groups excluding tert-OH is 1. The zero-order chi connectivity index (χ0) is 16.9. The maximum atomic E-state index is 12.4. The molecule has 128 valence electrons. The molecule has 7 heteroatoms. The van der Waals surface area contributed by atoms with E-state index in [9.17, 15) is 9.90 Å². The Bertz CT molecular complexity index is 663. The number of amides is 1. The van der Waals surface area contributed by atoms with Crippen LogP contribution in [0.3, 0.4) is 0 Å². The number of nitrogens with zero attached hydrogens (tertiary/aromatic N) is 5. The largest absolute Gasteiger partial charge is 0.392 e. The smallest absolute Gasteiger partial charge is 0.228 e. The van der Waals surface area contributed by atoms with Gasteiger partial charge in [-0.15, -0.1) is 0 Å². The topological polar surface area (TPSA) is 74.5 Å². The number of para-hydroxylation sites is 1. The van der Waals surface area contributed by atoms with Crippen molar-refractivity contribution >= 4 is 5.91 Å². The van der Waals surface area contributed by atoms with E-state index in [1.165, 1.54) is 0 Å². The van der Waals surface area contributed by atoms with Crippen LogP contribution >= 0.6 is 0 Å². The Morgan fingerprint density at radius 3 is 2.58 bits per heavy atom. The van der Waals surface area contributed by atoms with Gasteiger partial charge in [0.05, 0.1) is 30.1 Å². The van der Waals surface area contributed by atoms with Crippen LogP contribution in [0.25, 0.3) is 5.69 Å². The second-order valence-electron chi connectivity index (χ2n) is 6.17. The third-order valence-corrected chi connectivity index (χ3v) is 4.11. The second-order valence-corrected chi connectivity index (χ2v) is 6.17. The summed E-state index contributed by atoms with van der Waals surface area (Å²) in [6, 6.07) is 9.64. The third kappa shape index (κ3) is 4.18. The Kier molecular flexibility index (Phi) is 5.22. The summed E-state index contributed by atoms with van der Waals surface area (Å²) in [5.41, 5.74) is 1.55. The van der Waals surface area contributed by atoms with Gasteiger partial charge in [0, 0.05) is 32.7 Å². The lowest BCUT2D eigenvalue weighted by atomic mass is 10.2. The molecule has 1 aromatic heterocycles. The Labute approximate surface area is 141 Å². The van der Waals surface area contributed by atoms with E-state index in [2.05, 4.69) is 15.1 Å². The molecule has 2 aromatic rings. The van der Waals surface area contributed by atoms with Crippen LogP contribution in [-0.2, 0) is 11.2 Å². The van der Waals surface area contributed by atoms with Gasteiger partial charge >= 0.3 is 0 Å². The number of β-amino-alcohol motifs (C(OH)–C–C–N with tert-alkyl or cyclic N) is 1. The molecule has 7 nitrogen and oxygen atoms in total. The van der Waals surface area contributed by atoms with E-state index in [1.54, 1.807) is 17.9 Å². The van der Waals surface area contributed by atoms with Crippen molar-refractivity contribution in [1.29, 1.82) is 0 Å².